The van der Waals surface area contributed by atoms with E-state index < -0.39 is 11.8 Å². The third-order valence-electron chi connectivity index (χ3n) is 5.89. The van der Waals surface area contributed by atoms with Gasteiger partial charge in [0, 0.05) is 42.3 Å². The number of methoxy groups -OCH3 is 1. The third kappa shape index (κ3) is 3.68. The molecule has 0 aliphatic carbocycles. The molecule has 0 saturated carbocycles. The molecule has 5 heteroatoms. The van der Waals surface area contributed by atoms with Crippen LogP contribution in [0.4, 0.5) is 0 Å². The Hall–Kier alpha value is -3.18. The van der Waals surface area contributed by atoms with E-state index in [1.807, 2.05) is 36.4 Å². The van der Waals surface area contributed by atoms with Crippen LogP contribution in [-0.4, -0.2) is 40.9 Å². The summed E-state index contributed by atoms with van der Waals surface area (Å²) in [4.78, 5) is 27.2. The average Bonchev–Trinajstić information content (AvgIpc) is 3.12. The number of hydrogen-bond donors (Lipinski definition) is 0. The van der Waals surface area contributed by atoms with Gasteiger partial charge in [-0.2, -0.15) is 0 Å². The summed E-state index contributed by atoms with van der Waals surface area (Å²) in [5.74, 6) is -1.37. The van der Waals surface area contributed by atoms with Crippen molar-refractivity contribution < 1.29 is 14.3 Å². The molecule has 154 valence electrons. The van der Waals surface area contributed by atoms with Gasteiger partial charge in [0.1, 0.15) is 0 Å². The molecule has 0 N–H and O–H groups in total. The van der Waals surface area contributed by atoms with Crippen molar-refractivity contribution in [1.29, 1.82) is 0 Å². The molecule has 1 aliphatic heterocycles. The van der Waals surface area contributed by atoms with E-state index in [4.69, 9.17) is 4.74 Å². The highest BCUT2D eigenvalue weighted by atomic mass is 16.5. The molecule has 0 radical (unpaired) electrons. The van der Waals surface area contributed by atoms with Crippen molar-refractivity contribution in [3.8, 4) is 0 Å². The summed E-state index contributed by atoms with van der Waals surface area (Å²) in [6.45, 7) is 6.35. The molecule has 1 atom stereocenters. The summed E-state index contributed by atoms with van der Waals surface area (Å²) in [5.41, 5.74) is 3.68. The Balaban J connectivity index is 1.70. The fraction of sp³-hybridized carbons (Fsp3) is 0.280. The van der Waals surface area contributed by atoms with E-state index in [-0.39, 0.29) is 0 Å². The Bertz CT molecular complexity index is 1080. The number of hydrogen-bond acceptors (Lipinski definition) is 4. The predicted octanol–water partition coefficient (Wildman–Crippen LogP) is 4.00. The van der Waals surface area contributed by atoms with E-state index in [0.29, 0.717) is 11.6 Å². The second kappa shape index (κ2) is 8.67. The Kier molecular flexibility index (Phi) is 5.81. The predicted molar refractivity (Wildman–Crippen MR) is 117 cm³/mol. The first-order valence-corrected chi connectivity index (χ1v) is 10.3. The van der Waals surface area contributed by atoms with Gasteiger partial charge in [0.2, 0.25) is 0 Å². The van der Waals surface area contributed by atoms with Gasteiger partial charge in [0.05, 0.1) is 12.7 Å². The molecular weight excluding hydrogens is 376 g/mol. The maximum Gasteiger partial charge on any atom is 0.379 e. The Morgan fingerprint density at radius 1 is 1.17 bits per heavy atom. The standard InChI is InChI=1S/C25H26N2O3/c1-3-15-26(16-18-9-5-4-6-10-18)19-13-14-22-23(24(28)25(29)30-2)20-11-7-8-12-21(20)27(22)17-19/h3-12,19H,1,13-17H2,2H3. The number of rotatable bonds is 7. The normalized spacial score (nSPS) is 15.7. The van der Waals surface area contributed by atoms with E-state index in [1.54, 1.807) is 0 Å². The fourth-order valence-electron chi connectivity index (χ4n) is 4.50. The summed E-state index contributed by atoms with van der Waals surface area (Å²) < 4.78 is 6.93. The van der Waals surface area contributed by atoms with Crippen LogP contribution < -0.4 is 0 Å². The van der Waals surface area contributed by atoms with Crippen LogP contribution in [0.1, 0.15) is 28.0 Å². The van der Waals surface area contributed by atoms with Crippen LogP contribution in [0.5, 0.6) is 0 Å². The highest BCUT2D eigenvalue weighted by molar-refractivity contribution is 6.43. The van der Waals surface area contributed by atoms with Gasteiger partial charge in [-0.05, 0) is 24.5 Å². The van der Waals surface area contributed by atoms with E-state index in [0.717, 1.165) is 49.1 Å². The molecular formula is C25H26N2O3. The minimum Gasteiger partial charge on any atom is -0.463 e. The molecule has 3 aromatic rings. The van der Waals surface area contributed by atoms with E-state index in [9.17, 15) is 9.59 Å². The van der Waals surface area contributed by atoms with Crippen molar-refractivity contribution >= 4 is 22.7 Å². The summed E-state index contributed by atoms with van der Waals surface area (Å²) in [7, 11) is 1.25. The third-order valence-corrected chi connectivity index (χ3v) is 5.89. The molecule has 0 amide bonds. The first-order valence-electron chi connectivity index (χ1n) is 10.3. The summed E-state index contributed by atoms with van der Waals surface area (Å²) >= 11 is 0. The van der Waals surface area contributed by atoms with E-state index in [2.05, 4.69) is 40.3 Å². The van der Waals surface area contributed by atoms with Crippen LogP contribution in [0.15, 0.2) is 67.3 Å². The van der Waals surface area contributed by atoms with Gasteiger partial charge in [-0.25, -0.2) is 4.79 Å². The minimum absolute atomic E-state index is 0.313. The molecule has 30 heavy (non-hydrogen) atoms. The lowest BCUT2D eigenvalue weighted by atomic mass is 9.98. The second-order valence-corrected chi connectivity index (χ2v) is 7.67. The number of benzene rings is 2. The number of ether oxygens (including phenoxy) is 1. The topological polar surface area (TPSA) is 51.5 Å². The highest BCUT2D eigenvalue weighted by Gasteiger charge is 2.32. The lowest BCUT2D eigenvalue weighted by Gasteiger charge is -2.35. The van der Waals surface area contributed by atoms with Crippen molar-refractivity contribution in [2.45, 2.75) is 32.0 Å². The highest BCUT2D eigenvalue weighted by Crippen LogP contribution is 2.33. The number of ketones is 1. The zero-order valence-electron chi connectivity index (χ0n) is 17.2. The molecule has 1 unspecified atom stereocenters. The van der Waals surface area contributed by atoms with Crippen LogP contribution >= 0.6 is 0 Å². The van der Waals surface area contributed by atoms with Gasteiger partial charge >= 0.3 is 5.97 Å². The van der Waals surface area contributed by atoms with Gasteiger partial charge in [-0.3, -0.25) is 9.69 Å². The van der Waals surface area contributed by atoms with Crippen molar-refractivity contribution in [3.05, 3.63) is 84.1 Å². The quantitative estimate of drug-likeness (QED) is 0.259. The largest absolute Gasteiger partial charge is 0.463 e. The molecule has 1 aliphatic rings. The Morgan fingerprint density at radius 3 is 2.63 bits per heavy atom. The van der Waals surface area contributed by atoms with Crippen LogP contribution in [0.3, 0.4) is 0 Å². The van der Waals surface area contributed by atoms with Gasteiger partial charge in [-0.1, -0.05) is 54.6 Å². The van der Waals surface area contributed by atoms with Gasteiger partial charge in [0.25, 0.3) is 5.78 Å². The van der Waals surface area contributed by atoms with Crippen LogP contribution in [0, 0.1) is 0 Å². The van der Waals surface area contributed by atoms with E-state index >= 15 is 0 Å². The number of fused-ring (bicyclic) bond motifs is 3. The number of aromatic nitrogens is 1. The zero-order valence-corrected chi connectivity index (χ0v) is 17.2. The first kappa shape index (κ1) is 20.1. The fourth-order valence-corrected chi connectivity index (χ4v) is 4.50. The molecule has 0 bridgehead atoms. The summed E-state index contributed by atoms with van der Waals surface area (Å²) in [6.07, 6.45) is 3.59. The minimum atomic E-state index is -0.811. The van der Waals surface area contributed by atoms with E-state index in [1.165, 1.54) is 12.7 Å². The Morgan fingerprint density at radius 2 is 1.90 bits per heavy atom. The van der Waals surface area contributed by atoms with Crippen molar-refractivity contribution in [1.82, 2.24) is 9.47 Å². The molecule has 2 aromatic carbocycles. The SMILES string of the molecule is C=CCN(Cc1ccccc1)C1CCc2c(C(=O)C(=O)OC)c3ccccc3n2C1. The number of Topliss-reactive ketones (excluding diaryl/α,β-unsaturated/α-hetero) is 1. The van der Waals surface area contributed by atoms with Gasteiger partial charge in [0.15, 0.2) is 0 Å². The van der Waals surface area contributed by atoms with Crippen molar-refractivity contribution in [2.75, 3.05) is 13.7 Å². The Labute approximate surface area is 176 Å². The molecule has 5 nitrogen and oxygen atoms in total. The van der Waals surface area contributed by atoms with Crippen molar-refractivity contribution in [3.63, 3.8) is 0 Å². The maximum absolute atomic E-state index is 12.8. The lowest BCUT2D eigenvalue weighted by molar-refractivity contribution is -0.135. The number of esters is 1. The molecule has 1 aromatic heterocycles. The van der Waals surface area contributed by atoms with Crippen LogP contribution in [0.2, 0.25) is 0 Å². The average molecular weight is 402 g/mol. The summed E-state index contributed by atoms with van der Waals surface area (Å²) in [5, 5.41) is 0.821. The molecule has 0 fully saturated rings. The molecule has 0 saturated heterocycles. The molecule has 0 spiro atoms. The number of carbonyl (C=O) groups excluding carboxylic acids is 2. The zero-order chi connectivity index (χ0) is 21.1. The first-order chi connectivity index (χ1) is 14.6. The number of nitrogens with zero attached hydrogens (tertiary/aromatic N) is 2. The summed E-state index contributed by atoms with van der Waals surface area (Å²) in [6, 6.07) is 18.5. The van der Waals surface area contributed by atoms with Crippen molar-refractivity contribution in [2.24, 2.45) is 0 Å². The second-order valence-electron chi connectivity index (χ2n) is 7.67. The smallest absolute Gasteiger partial charge is 0.379 e. The lowest BCUT2D eigenvalue weighted by Crippen LogP contribution is -2.41. The molecule has 2 heterocycles. The molecule has 4 rings (SSSR count). The number of carbonyl (C=O) groups is 2. The van der Waals surface area contributed by atoms with Gasteiger partial charge in [-0.15, -0.1) is 6.58 Å². The van der Waals surface area contributed by atoms with Crippen LogP contribution in [-0.2, 0) is 29.0 Å². The van der Waals surface area contributed by atoms with Gasteiger partial charge < -0.3 is 9.30 Å². The van der Waals surface area contributed by atoms with Crippen LogP contribution in [0.25, 0.3) is 10.9 Å². The number of para-hydroxylation sites is 1. The monoisotopic (exact) mass is 402 g/mol. The maximum atomic E-state index is 12.8.